The van der Waals surface area contributed by atoms with Crippen molar-refractivity contribution in [1.82, 2.24) is 10.1 Å². The van der Waals surface area contributed by atoms with E-state index in [4.69, 9.17) is 0 Å². The Hall–Kier alpha value is -2.15. The molecule has 7 heteroatoms. The second kappa shape index (κ2) is 4.85. The van der Waals surface area contributed by atoms with Crippen LogP contribution in [0.2, 0.25) is 0 Å². The van der Waals surface area contributed by atoms with E-state index in [9.17, 15) is 18.3 Å². The fraction of sp³-hybridized carbons (Fsp3) is 0.167. The SMILES string of the molecule is C=CC(O)c1ccc(-c2noc(C(F)(F)F)n2)cc1. The minimum Gasteiger partial charge on any atom is -0.384 e. The maximum Gasteiger partial charge on any atom is 0.471 e. The minimum absolute atomic E-state index is 0.160. The summed E-state index contributed by atoms with van der Waals surface area (Å²) in [6, 6.07) is 6.08. The van der Waals surface area contributed by atoms with Gasteiger partial charge in [0.25, 0.3) is 0 Å². The van der Waals surface area contributed by atoms with Gasteiger partial charge in [0.15, 0.2) is 0 Å². The predicted octanol–water partition coefficient (Wildman–Crippen LogP) is 2.97. The molecule has 1 aromatic carbocycles. The van der Waals surface area contributed by atoms with E-state index in [1.807, 2.05) is 0 Å². The Balaban J connectivity index is 2.28. The lowest BCUT2D eigenvalue weighted by Gasteiger charge is -2.05. The van der Waals surface area contributed by atoms with Gasteiger partial charge in [0.1, 0.15) is 0 Å². The number of aromatic nitrogens is 2. The van der Waals surface area contributed by atoms with Gasteiger partial charge in [-0.25, -0.2) is 0 Å². The topological polar surface area (TPSA) is 59.2 Å². The first-order valence-electron chi connectivity index (χ1n) is 5.23. The van der Waals surface area contributed by atoms with Gasteiger partial charge in [-0.1, -0.05) is 35.5 Å². The number of aliphatic hydroxyl groups excluding tert-OH is 1. The van der Waals surface area contributed by atoms with Crippen molar-refractivity contribution in [3.05, 3.63) is 48.4 Å². The molecule has 0 radical (unpaired) electrons. The van der Waals surface area contributed by atoms with Gasteiger partial charge < -0.3 is 9.63 Å². The Labute approximate surface area is 106 Å². The zero-order valence-corrected chi connectivity index (χ0v) is 9.55. The number of hydrogen-bond donors (Lipinski definition) is 1. The van der Waals surface area contributed by atoms with Gasteiger partial charge in [0.2, 0.25) is 5.82 Å². The third kappa shape index (κ3) is 2.82. The summed E-state index contributed by atoms with van der Waals surface area (Å²) in [6.07, 6.45) is -4.15. The first-order chi connectivity index (χ1) is 8.91. The van der Waals surface area contributed by atoms with Crippen LogP contribution >= 0.6 is 0 Å². The highest BCUT2D eigenvalue weighted by Crippen LogP contribution is 2.29. The summed E-state index contributed by atoms with van der Waals surface area (Å²) in [4.78, 5) is 3.26. The molecule has 0 saturated heterocycles. The molecule has 0 bridgehead atoms. The van der Waals surface area contributed by atoms with Crippen LogP contribution in [0, 0.1) is 0 Å². The van der Waals surface area contributed by atoms with Crippen LogP contribution in [0.25, 0.3) is 11.4 Å². The highest BCUT2D eigenvalue weighted by atomic mass is 19.4. The highest BCUT2D eigenvalue weighted by molar-refractivity contribution is 5.54. The second-order valence-corrected chi connectivity index (χ2v) is 3.72. The summed E-state index contributed by atoms with van der Waals surface area (Å²) < 4.78 is 41.0. The normalized spacial score (nSPS) is 13.3. The van der Waals surface area contributed by atoms with Crippen LogP contribution in [0.4, 0.5) is 13.2 Å². The molecule has 2 rings (SSSR count). The van der Waals surface area contributed by atoms with Gasteiger partial charge in [0, 0.05) is 5.56 Å². The van der Waals surface area contributed by atoms with Crippen molar-refractivity contribution < 1.29 is 22.8 Å². The van der Waals surface area contributed by atoms with Gasteiger partial charge in [0.05, 0.1) is 6.10 Å². The molecule has 100 valence electrons. The third-order valence-corrected chi connectivity index (χ3v) is 2.40. The van der Waals surface area contributed by atoms with Crippen LogP contribution in [0.3, 0.4) is 0 Å². The smallest absolute Gasteiger partial charge is 0.384 e. The molecule has 0 fully saturated rings. The van der Waals surface area contributed by atoms with E-state index in [1.54, 1.807) is 12.1 Å². The largest absolute Gasteiger partial charge is 0.471 e. The van der Waals surface area contributed by atoms with Crippen LogP contribution in [0.5, 0.6) is 0 Å². The number of aliphatic hydroxyl groups is 1. The average Bonchev–Trinajstić information content (AvgIpc) is 2.87. The molecule has 0 amide bonds. The molecule has 19 heavy (non-hydrogen) atoms. The first-order valence-corrected chi connectivity index (χ1v) is 5.23. The van der Waals surface area contributed by atoms with E-state index >= 15 is 0 Å². The van der Waals surface area contributed by atoms with E-state index in [2.05, 4.69) is 21.2 Å². The van der Waals surface area contributed by atoms with Crippen molar-refractivity contribution in [2.45, 2.75) is 12.3 Å². The van der Waals surface area contributed by atoms with Gasteiger partial charge in [-0.05, 0) is 5.56 Å². The number of hydrogen-bond acceptors (Lipinski definition) is 4. The maximum atomic E-state index is 12.3. The molecule has 0 aliphatic heterocycles. The third-order valence-electron chi connectivity index (χ3n) is 2.40. The molecule has 2 aromatic rings. The fourth-order valence-electron chi connectivity index (χ4n) is 1.42. The standard InChI is InChI=1S/C12H9F3N2O2/c1-2-9(18)7-3-5-8(6-4-7)10-16-11(19-17-10)12(13,14)15/h2-6,9,18H,1H2. The van der Waals surface area contributed by atoms with Crippen LogP contribution in [-0.4, -0.2) is 15.2 Å². The van der Waals surface area contributed by atoms with Crippen molar-refractivity contribution in [2.75, 3.05) is 0 Å². The monoisotopic (exact) mass is 270 g/mol. The van der Waals surface area contributed by atoms with Gasteiger partial charge in [-0.2, -0.15) is 18.2 Å². The van der Waals surface area contributed by atoms with Crippen LogP contribution < -0.4 is 0 Å². The van der Waals surface area contributed by atoms with E-state index in [0.29, 0.717) is 11.1 Å². The van der Waals surface area contributed by atoms with Crippen LogP contribution in [0.15, 0.2) is 41.4 Å². The lowest BCUT2D eigenvalue weighted by Crippen LogP contribution is -2.04. The Kier molecular flexibility index (Phi) is 3.39. The fourth-order valence-corrected chi connectivity index (χ4v) is 1.42. The summed E-state index contributed by atoms with van der Waals surface area (Å²) in [6.45, 7) is 3.43. The van der Waals surface area contributed by atoms with Gasteiger partial charge in [-0.3, -0.25) is 0 Å². The number of nitrogens with zero attached hydrogens (tertiary/aromatic N) is 2. The maximum absolute atomic E-state index is 12.3. The molecule has 0 spiro atoms. The Morgan fingerprint density at radius 2 is 1.89 bits per heavy atom. The molecule has 1 aromatic heterocycles. The zero-order valence-electron chi connectivity index (χ0n) is 9.55. The quantitative estimate of drug-likeness (QED) is 0.871. The first kappa shape index (κ1) is 13.3. The van der Waals surface area contributed by atoms with Crippen molar-refractivity contribution in [3.63, 3.8) is 0 Å². The summed E-state index contributed by atoms with van der Waals surface area (Å²) in [5.74, 6) is -1.55. The van der Waals surface area contributed by atoms with E-state index < -0.39 is 18.2 Å². The number of halogens is 3. The number of rotatable bonds is 3. The second-order valence-electron chi connectivity index (χ2n) is 3.72. The molecule has 1 atom stereocenters. The molecule has 0 saturated carbocycles. The Morgan fingerprint density at radius 3 is 2.37 bits per heavy atom. The molecule has 1 N–H and O–H groups in total. The van der Waals surface area contributed by atoms with E-state index in [0.717, 1.165) is 0 Å². The lowest BCUT2D eigenvalue weighted by molar-refractivity contribution is -0.159. The van der Waals surface area contributed by atoms with Crippen molar-refractivity contribution in [1.29, 1.82) is 0 Å². The molecule has 1 unspecified atom stereocenters. The molecule has 0 aliphatic rings. The van der Waals surface area contributed by atoms with Crippen molar-refractivity contribution in [2.24, 2.45) is 0 Å². The number of benzene rings is 1. The Morgan fingerprint density at radius 1 is 1.26 bits per heavy atom. The minimum atomic E-state index is -4.66. The molecular weight excluding hydrogens is 261 g/mol. The summed E-state index contributed by atoms with van der Waals surface area (Å²) in [5, 5.41) is 12.7. The molecular formula is C12H9F3N2O2. The molecule has 4 nitrogen and oxygen atoms in total. The van der Waals surface area contributed by atoms with Crippen LogP contribution in [0.1, 0.15) is 17.6 Å². The molecule has 0 aliphatic carbocycles. The zero-order chi connectivity index (χ0) is 14.0. The Bertz CT molecular complexity index is 575. The van der Waals surface area contributed by atoms with Crippen molar-refractivity contribution >= 4 is 0 Å². The van der Waals surface area contributed by atoms with Crippen LogP contribution in [-0.2, 0) is 6.18 Å². The van der Waals surface area contributed by atoms with E-state index in [-0.39, 0.29) is 5.82 Å². The van der Waals surface area contributed by atoms with Crippen molar-refractivity contribution in [3.8, 4) is 11.4 Å². The van der Waals surface area contributed by atoms with Gasteiger partial charge in [-0.15, -0.1) is 6.58 Å². The molecule has 1 heterocycles. The highest BCUT2D eigenvalue weighted by Gasteiger charge is 2.38. The van der Waals surface area contributed by atoms with E-state index in [1.165, 1.54) is 18.2 Å². The lowest BCUT2D eigenvalue weighted by atomic mass is 10.1. The predicted molar refractivity (Wildman–Crippen MR) is 59.9 cm³/mol. The summed E-state index contributed by atoms with van der Waals surface area (Å²) >= 11 is 0. The number of alkyl halides is 3. The summed E-state index contributed by atoms with van der Waals surface area (Å²) in [5.41, 5.74) is 0.928. The summed E-state index contributed by atoms with van der Waals surface area (Å²) in [7, 11) is 0. The average molecular weight is 270 g/mol. The van der Waals surface area contributed by atoms with Gasteiger partial charge >= 0.3 is 12.1 Å².